The second-order valence-electron chi connectivity index (χ2n) is 4.18. The summed E-state index contributed by atoms with van der Waals surface area (Å²) in [4.78, 5) is 11.9. The van der Waals surface area contributed by atoms with Crippen molar-refractivity contribution in [1.29, 1.82) is 0 Å². The predicted octanol–water partition coefficient (Wildman–Crippen LogP) is 1.82. The molecule has 0 saturated heterocycles. The molecular weight excluding hydrogens is 244 g/mol. The number of anilines is 1. The smallest absolute Gasteiger partial charge is 0.253 e. The highest BCUT2D eigenvalue weighted by molar-refractivity contribution is 5.99. The molecule has 0 fully saturated rings. The average Bonchev–Trinajstić information content (AvgIpc) is 2.43. The van der Waals surface area contributed by atoms with Crippen LogP contribution in [0.15, 0.2) is 18.2 Å². The van der Waals surface area contributed by atoms with E-state index in [2.05, 4.69) is 12.2 Å². The maximum absolute atomic E-state index is 11.9. The molecule has 0 aliphatic rings. The predicted molar refractivity (Wildman–Crippen MR) is 75.5 cm³/mol. The quantitative estimate of drug-likeness (QED) is 0.556. The van der Waals surface area contributed by atoms with Crippen LogP contribution in [0.1, 0.15) is 30.1 Å². The fourth-order valence-electron chi connectivity index (χ4n) is 1.58. The van der Waals surface area contributed by atoms with Crippen molar-refractivity contribution in [2.75, 3.05) is 32.6 Å². The highest BCUT2D eigenvalue weighted by Crippen LogP contribution is 2.19. The molecule has 5 nitrogen and oxygen atoms in total. The summed E-state index contributed by atoms with van der Waals surface area (Å²) in [6.07, 6.45) is 1.79. The first-order valence-corrected chi connectivity index (χ1v) is 6.48. The van der Waals surface area contributed by atoms with Crippen LogP contribution < -0.4 is 15.8 Å². The van der Waals surface area contributed by atoms with Gasteiger partial charge >= 0.3 is 0 Å². The lowest BCUT2D eigenvalue weighted by atomic mass is 10.1. The van der Waals surface area contributed by atoms with E-state index in [1.165, 1.54) is 0 Å². The van der Waals surface area contributed by atoms with E-state index in [1.807, 2.05) is 0 Å². The third-order valence-electron chi connectivity index (χ3n) is 2.60. The van der Waals surface area contributed by atoms with E-state index in [0.29, 0.717) is 30.2 Å². The van der Waals surface area contributed by atoms with Crippen molar-refractivity contribution in [1.82, 2.24) is 5.32 Å². The number of carbonyl (C=O) groups excluding carboxylic acids is 1. The summed E-state index contributed by atoms with van der Waals surface area (Å²) in [6, 6.07) is 5.03. The Morgan fingerprint density at radius 2 is 2.16 bits per heavy atom. The molecule has 0 radical (unpaired) electrons. The SMILES string of the molecule is CCCOCCCNC(=O)c1cc(OC)ccc1N. The van der Waals surface area contributed by atoms with Crippen molar-refractivity contribution in [3.05, 3.63) is 23.8 Å². The van der Waals surface area contributed by atoms with Crippen molar-refractivity contribution < 1.29 is 14.3 Å². The van der Waals surface area contributed by atoms with Crippen molar-refractivity contribution >= 4 is 11.6 Å². The first kappa shape index (κ1) is 15.3. The second kappa shape index (κ2) is 8.37. The molecular formula is C14H22N2O3. The Balaban J connectivity index is 2.40. The summed E-state index contributed by atoms with van der Waals surface area (Å²) in [5.41, 5.74) is 6.66. The van der Waals surface area contributed by atoms with Crippen molar-refractivity contribution in [2.24, 2.45) is 0 Å². The van der Waals surface area contributed by atoms with Gasteiger partial charge in [0.2, 0.25) is 0 Å². The standard InChI is InChI=1S/C14H22N2O3/c1-3-8-19-9-4-7-16-14(17)12-10-11(18-2)5-6-13(12)15/h5-6,10H,3-4,7-9,15H2,1-2H3,(H,16,17). The minimum atomic E-state index is -0.188. The molecule has 5 heteroatoms. The Hall–Kier alpha value is -1.75. The van der Waals surface area contributed by atoms with E-state index >= 15 is 0 Å². The molecule has 19 heavy (non-hydrogen) atoms. The third-order valence-corrected chi connectivity index (χ3v) is 2.60. The Bertz CT molecular complexity index is 408. The lowest BCUT2D eigenvalue weighted by Gasteiger charge is -2.09. The summed E-state index contributed by atoms with van der Waals surface area (Å²) in [5.74, 6) is 0.428. The Morgan fingerprint density at radius 3 is 2.84 bits per heavy atom. The minimum Gasteiger partial charge on any atom is -0.497 e. The van der Waals surface area contributed by atoms with Gasteiger partial charge in [0.1, 0.15) is 5.75 Å². The molecule has 1 rings (SSSR count). The minimum absolute atomic E-state index is 0.188. The topological polar surface area (TPSA) is 73.6 Å². The van der Waals surface area contributed by atoms with Crippen LogP contribution >= 0.6 is 0 Å². The van der Waals surface area contributed by atoms with Gasteiger partial charge in [-0.3, -0.25) is 4.79 Å². The molecule has 1 amide bonds. The van der Waals surface area contributed by atoms with Crippen molar-refractivity contribution in [3.8, 4) is 5.75 Å². The van der Waals surface area contributed by atoms with Gasteiger partial charge in [-0.05, 0) is 31.0 Å². The molecule has 0 aliphatic heterocycles. The van der Waals surface area contributed by atoms with E-state index in [-0.39, 0.29) is 5.91 Å². The van der Waals surface area contributed by atoms with Gasteiger partial charge in [0.15, 0.2) is 0 Å². The summed E-state index contributed by atoms with van der Waals surface area (Å²) in [5, 5.41) is 2.81. The van der Waals surface area contributed by atoms with Crippen LogP contribution in [0.3, 0.4) is 0 Å². The third kappa shape index (κ3) is 5.18. The van der Waals surface area contributed by atoms with Crippen LogP contribution in [0.2, 0.25) is 0 Å². The van der Waals surface area contributed by atoms with Crippen LogP contribution in [-0.2, 0) is 4.74 Å². The van der Waals surface area contributed by atoms with Gasteiger partial charge in [-0.1, -0.05) is 6.92 Å². The monoisotopic (exact) mass is 266 g/mol. The number of rotatable bonds is 8. The van der Waals surface area contributed by atoms with Crippen LogP contribution in [0.4, 0.5) is 5.69 Å². The van der Waals surface area contributed by atoms with Gasteiger partial charge in [-0.2, -0.15) is 0 Å². The number of nitrogens with two attached hydrogens (primary N) is 1. The number of methoxy groups -OCH3 is 1. The van der Waals surface area contributed by atoms with E-state index in [0.717, 1.165) is 19.4 Å². The summed E-state index contributed by atoms with van der Waals surface area (Å²) in [7, 11) is 1.55. The zero-order chi connectivity index (χ0) is 14.1. The second-order valence-corrected chi connectivity index (χ2v) is 4.18. The first-order chi connectivity index (χ1) is 9.19. The first-order valence-electron chi connectivity index (χ1n) is 6.48. The molecule has 0 bridgehead atoms. The van der Waals surface area contributed by atoms with Gasteiger partial charge in [-0.25, -0.2) is 0 Å². The summed E-state index contributed by atoms with van der Waals surface area (Å²) >= 11 is 0. The molecule has 0 saturated carbocycles. The molecule has 0 atom stereocenters. The molecule has 1 aromatic rings. The van der Waals surface area contributed by atoms with Gasteiger partial charge in [-0.15, -0.1) is 0 Å². The zero-order valence-electron chi connectivity index (χ0n) is 11.6. The maximum atomic E-state index is 11.9. The number of carbonyl (C=O) groups is 1. The van der Waals surface area contributed by atoms with E-state index in [9.17, 15) is 4.79 Å². The lowest BCUT2D eigenvalue weighted by molar-refractivity contribution is 0.0942. The molecule has 106 valence electrons. The summed E-state index contributed by atoms with van der Waals surface area (Å²) in [6.45, 7) is 4.05. The fraction of sp³-hybridized carbons (Fsp3) is 0.500. The molecule has 0 spiro atoms. The maximum Gasteiger partial charge on any atom is 0.253 e. The normalized spacial score (nSPS) is 10.2. The zero-order valence-corrected chi connectivity index (χ0v) is 11.6. The van der Waals surface area contributed by atoms with Gasteiger partial charge < -0.3 is 20.5 Å². The van der Waals surface area contributed by atoms with Crippen molar-refractivity contribution in [2.45, 2.75) is 19.8 Å². The number of nitrogens with one attached hydrogen (secondary N) is 1. The number of amides is 1. The molecule has 0 unspecified atom stereocenters. The summed E-state index contributed by atoms with van der Waals surface area (Å²) < 4.78 is 10.4. The van der Waals surface area contributed by atoms with Gasteiger partial charge in [0, 0.05) is 25.4 Å². The van der Waals surface area contributed by atoms with Crippen LogP contribution in [-0.4, -0.2) is 32.8 Å². The lowest BCUT2D eigenvalue weighted by Crippen LogP contribution is -2.26. The van der Waals surface area contributed by atoms with E-state index < -0.39 is 0 Å². The number of hydrogen-bond donors (Lipinski definition) is 2. The highest BCUT2D eigenvalue weighted by atomic mass is 16.5. The molecule has 1 aromatic carbocycles. The fourth-order valence-corrected chi connectivity index (χ4v) is 1.58. The molecule has 0 aliphatic carbocycles. The number of nitrogen functional groups attached to an aromatic ring is 1. The molecule has 0 aromatic heterocycles. The molecule has 3 N–H and O–H groups in total. The number of ether oxygens (including phenoxy) is 2. The number of hydrogen-bond acceptors (Lipinski definition) is 4. The van der Waals surface area contributed by atoms with Crippen molar-refractivity contribution in [3.63, 3.8) is 0 Å². The van der Waals surface area contributed by atoms with E-state index in [1.54, 1.807) is 25.3 Å². The Morgan fingerprint density at radius 1 is 1.37 bits per heavy atom. The highest BCUT2D eigenvalue weighted by Gasteiger charge is 2.10. The number of benzene rings is 1. The van der Waals surface area contributed by atoms with Gasteiger partial charge in [0.25, 0.3) is 5.91 Å². The van der Waals surface area contributed by atoms with Crippen LogP contribution in [0, 0.1) is 0 Å². The van der Waals surface area contributed by atoms with Crippen LogP contribution in [0.5, 0.6) is 5.75 Å². The Kier molecular flexibility index (Phi) is 6.74. The molecule has 0 heterocycles. The van der Waals surface area contributed by atoms with Gasteiger partial charge in [0.05, 0.1) is 12.7 Å². The average molecular weight is 266 g/mol. The van der Waals surface area contributed by atoms with E-state index in [4.69, 9.17) is 15.2 Å². The largest absolute Gasteiger partial charge is 0.497 e. The van der Waals surface area contributed by atoms with Crippen LogP contribution in [0.25, 0.3) is 0 Å². The Labute approximate surface area is 114 Å².